The van der Waals surface area contributed by atoms with Crippen molar-refractivity contribution in [3.63, 3.8) is 0 Å². The molecule has 2 heteroatoms. The molecule has 0 saturated heterocycles. The first kappa shape index (κ1) is 29.4. The maximum Gasteiger partial charge on any atom is 0.159 e. The van der Waals surface area contributed by atoms with Crippen molar-refractivity contribution >= 4 is 39.0 Å². The second-order valence-corrected chi connectivity index (χ2v) is 18.0. The zero-order valence-corrected chi connectivity index (χ0v) is 29.9. The number of rotatable bonds is 3. The van der Waals surface area contributed by atoms with Crippen LogP contribution in [0.3, 0.4) is 0 Å². The lowest BCUT2D eigenvalue weighted by molar-refractivity contribution is -0.0399. The number of hydrogen-bond acceptors (Lipinski definition) is 2. The highest BCUT2D eigenvalue weighted by atomic mass is 16.3. The maximum absolute atomic E-state index is 6.83. The molecule has 4 fully saturated rings. The van der Waals surface area contributed by atoms with Gasteiger partial charge in [0.15, 0.2) is 5.58 Å². The van der Waals surface area contributed by atoms with Crippen LogP contribution in [-0.4, -0.2) is 0 Å². The molecule has 6 aliphatic rings. The molecule has 0 aliphatic heterocycles. The van der Waals surface area contributed by atoms with Gasteiger partial charge in [0.25, 0.3) is 0 Å². The zero-order chi connectivity index (χ0) is 33.6. The molecule has 6 aromatic rings. The number of nitrogens with zero attached hydrogens (tertiary/aromatic N) is 1. The summed E-state index contributed by atoms with van der Waals surface area (Å²) in [6.07, 6.45) is 9.44. The first-order chi connectivity index (χ1) is 24.2. The number of para-hydroxylation sites is 2. The van der Waals surface area contributed by atoms with Gasteiger partial charge in [0.1, 0.15) is 5.58 Å². The van der Waals surface area contributed by atoms with Crippen LogP contribution in [0.25, 0.3) is 33.1 Å². The lowest BCUT2D eigenvalue weighted by Crippen LogP contribution is -2.55. The number of benzene rings is 5. The highest BCUT2D eigenvalue weighted by Crippen LogP contribution is 2.70. The monoisotopic (exact) mass is 653 g/mol. The molecular weight excluding hydrogens is 607 g/mol. The summed E-state index contributed by atoms with van der Waals surface area (Å²) in [6, 6.07) is 39.5. The van der Waals surface area contributed by atoms with E-state index < -0.39 is 0 Å². The van der Waals surface area contributed by atoms with Gasteiger partial charge in [0.05, 0.1) is 11.4 Å². The quantitative estimate of drug-likeness (QED) is 0.189. The zero-order valence-electron chi connectivity index (χ0n) is 29.9. The van der Waals surface area contributed by atoms with E-state index in [-0.39, 0.29) is 16.2 Å². The van der Waals surface area contributed by atoms with E-state index in [2.05, 4.69) is 136 Å². The molecule has 0 radical (unpaired) electrons. The Hall–Kier alpha value is -4.30. The van der Waals surface area contributed by atoms with Crippen LogP contribution in [0.4, 0.5) is 17.1 Å². The minimum Gasteiger partial charge on any atom is -0.454 e. The molecule has 1 aromatic heterocycles. The van der Waals surface area contributed by atoms with Crippen LogP contribution in [0.5, 0.6) is 0 Å². The molecule has 4 bridgehead atoms. The molecule has 5 aromatic carbocycles. The first-order valence-corrected chi connectivity index (χ1v) is 19.3. The fourth-order valence-corrected chi connectivity index (χ4v) is 12.4. The van der Waals surface area contributed by atoms with E-state index >= 15 is 0 Å². The van der Waals surface area contributed by atoms with Crippen LogP contribution in [0.2, 0.25) is 0 Å². The Balaban J connectivity index is 1.21. The first-order valence-electron chi connectivity index (χ1n) is 19.3. The number of hydrogen-bond donors (Lipinski definition) is 0. The van der Waals surface area contributed by atoms with Gasteiger partial charge in [-0.05, 0) is 138 Å². The van der Waals surface area contributed by atoms with Crippen molar-refractivity contribution < 1.29 is 4.42 Å². The van der Waals surface area contributed by atoms with E-state index in [1.807, 2.05) is 0 Å². The van der Waals surface area contributed by atoms with Crippen molar-refractivity contribution in [2.24, 2.45) is 23.7 Å². The Morgan fingerprint density at radius 1 is 0.560 bits per heavy atom. The van der Waals surface area contributed by atoms with Gasteiger partial charge >= 0.3 is 0 Å². The molecule has 0 N–H and O–H groups in total. The Morgan fingerprint density at radius 2 is 1.20 bits per heavy atom. The molecule has 6 aliphatic carbocycles. The van der Waals surface area contributed by atoms with Crippen molar-refractivity contribution in [1.82, 2.24) is 0 Å². The summed E-state index contributed by atoms with van der Waals surface area (Å²) >= 11 is 0. The highest BCUT2D eigenvalue weighted by Gasteiger charge is 2.62. The molecule has 50 heavy (non-hydrogen) atoms. The van der Waals surface area contributed by atoms with Crippen LogP contribution in [0.1, 0.15) is 94.9 Å². The predicted molar refractivity (Wildman–Crippen MR) is 207 cm³/mol. The van der Waals surface area contributed by atoms with Gasteiger partial charge in [-0.1, -0.05) is 100 Å². The topological polar surface area (TPSA) is 16.4 Å². The fourth-order valence-electron chi connectivity index (χ4n) is 12.4. The molecule has 0 atom stereocenters. The number of fused-ring (bicyclic) bond motifs is 7. The Bertz CT molecular complexity index is 2340. The minimum absolute atomic E-state index is 0.105. The third kappa shape index (κ3) is 3.75. The normalized spacial score (nSPS) is 27.8. The van der Waals surface area contributed by atoms with Crippen LogP contribution in [-0.2, 0) is 16.2 Å². The second kappa shape index (κ2) is 9.93. The van der Waals surface area contributed by atoms with E-state index in [4.69, 9.17) is 4.42 Å². The number of anilines is 3. The van der Waals surface area contributed by atoms with Crippen LogP contribution < -0.4 is 4.90 Å². The van der Waals surface area contributed by atoms with Gasteiger partial charge in [0, 0.05) is 27.4 Å². The highest BCUT2D eigenvalue weighted by molar-refractivity contribution is 6.11. The van der Waals surface area contributed by atoms with Crippen LogP contribution in [0.15, 0.2) is 108 Å². The minimum atomic E-state index is 0.105. The van der Waals surface area contributed by atoms with Crippen molar-refractivity contribution in [2.75, 3.05) is 4.90 Å². The molecule has 1 spiro atoms. The summed E-state index contributed by atoms with van der Waals surface area (Å²) in [5.74, 6) is 3.31. The lowest BCUT2D eigenvalue weighted by atomic mass is 9.43. The van der Waals surface area contributed by atoms with Gasteiger partial charge in [-0.2, -0.15) is 0 Å². The second-order valence-electron chi connectivity index (χ2n) is 18.0. The third-order valence-electron chi connectivity index (χ3n) is 14.5. The van der Waals surface area contributed by atoms with Gasteiger partial charge in [0.2, 0.25) is 0 Å². The average Bonchev–Trinajstić information content (AvgIpc) is 3.64. The van der Waals surface area contributed by atoms with E-state index in [9.17, 15) is 0 Å². The van der Waals surface area contributed by atoms with Crippen LogP contribution in [0, 0.1) is 23.7 Å². The van der Waals surface area contributed by atoms with Crippen LogP contribution >= 0.6 is 0 Å². The Morgan fingerprint density at radius 3 is 2.00 bits per heavy atom. The van der Waals surface area contributed by atoms with E-state index in [0.717, 1.165) is 40.5 Å². The van der Waals surface area contributed by atoms with Crippen molar-refractivity contribution in [2.45, 2.75) is 88.9 Å². The van der Waals surface area contributed by atoms with Crippen molar-refractivity contribution in [3.05, 3.63) is 125 Å². The van der Waals surface area contributed by atoms with Gasteiger partial charge in [-0.3, -0.25) is 0 Å². The van der Waals surface area contributed by atoms with Gasteiger partial charge in [-0.25, -0.2) is 0 Å². The third-order valence-corrected chi connectivity index (χ3v) is 14.5. The maximum atomic E-state index is 6.83. The molecular formula is C48H47NO. The lowest BCUT2D eigenvalue weighted by Gasteiger charge is -2.61. The molecule has 2 nitrogen and oxygen atoms in total. The van der Waals surface area contributed by atoms with Crippen molar-refractivity contribution in [1.29, 1.82) is 0 Å². The molecule has 12 rings (SSSR count). The predicted octanol–water partition coefficient (Wildman–Crippen LogP) is 13.1. The fraction of sp³-hybridized carbons (Fsp3) is 0.375. The molecule has 4 saturated carbocycles. The molecule has 0 unspecified atom stereocenters. The van der Waals surface area contributed by atoms with Gasteiger partial charge < -0.3 is 9.32 Å². The summed E-state index contributed by atoms with van der Waals surface area (Å²) in [5, 5.41) is 2.35. The Kier molecular flexibility index (Phi) is 5.85. The van der Waals surface area contributed by atoms with Gasteiger partial charge in [-0.15, -0.1) is 0 Å². The summed E-state index contributed by atoms with van der Waals surface area (Å²) in [7, 11) is 0. The standard InChI is InChI=1S/C48H47NO/c1-46(2)21-22-47(3,4)40-28-33(19-20-38(40)46)49(42-17-9-13-35-34-11-6-8-18-43(34)50-45(35)42)41-16-10-15-39-44(41)36-12-5-7-14-37(36)48(39)31-24-29-23-30(26-31)27-32(48)25-29/h5-20,28-32H,21-27H2,1-4H3. The van der Waals surface area contributed by atoms with E-state index in [1.54, 1.807) is 11.1 Å². The Labute approximate surface area is 296 Å². The van der Waals surface area contributed by atoms with Crippen molar-refractivity contribution in [3.8, 4) is 11.1 Å². The van der Waals surface area contributed by atoms with E-state index in [0.29, 0.717) is 0 Å². The summed E-state index contributed by atoms with van der Waals surface area (Å²) in [5.41, 5.74) is 15.0. The molecule has 0 amide bonds. The molecule has 250 valence electrons. The van der Waals surface area contributed by atoms with E-state index in [1.165, 1.54) is 89.3 Å². The number of furan rings is 1. The SMILES string of the molecule is CC1(C)CCC(C)(C)c2cc(N(c3cccc4c3-c3ccccc3C43C4CC5CC(C4)CC3C5)c3cccc4c3oc3ccccc34)ccc21. The summed E-state index contributed by atoms with van der Waals surface area (Å²) in [4.78, 5) is 2.58. The summed E-state index contributed by atoms with van der Waals surface area (Å²) in [6.45, 7) is 9.75. The smallest absolute Gasteiger partial charge is 0.159 e. The largest absolute Gasteiger partial charge is 0.454 e. The average molecular weight is 654 g/mol. The summed E-state index contributed by atoms with van der Waals surface area (Å²) < 4.78 is 6.83. The molecule has 1 heterocycles.